The van der Waals surface area contributed by atoms with Crippen LogP contribution in [0.25, 0.3) is 47.8 Å². The van der Waals surface area contributed by atoms with Crippen LogP contribution in [0.4, 0.5) is 0 Å². The number of hydrogen-bond donors (Lipinski definition) is 0. The largest absolute Gasteiger partial charge is 0.307 e. The number of pyridine rings is 1. The van der Waals surface area contributed by atoms with Gasteiger partial charge in [-0.2, -0.15) is 0 Å². The van der Waals surface area contributed by atoms with E-state index in [-0.39, 0.29) is 0 Å². The first kappa shape index (κ1) is 23.4. The fraction of sp³-hybridized carbons (Fsp3) is 0.108. The average molecular weight is 533 g/mol. The van der Waals surface area contributed by atoms with Crippen LogP contribution in [0, 0.1) is 5.92 Å². The molecule has 2 nitrogen and oxygen atoms in total. The van der Waals surface area contributed by atoms with Gasteiger partial charge in [0.1, 0.15) is 0 Å². The minimum atomic E-state index is 0.298. The maximum Gasteiger partial charge on any atom is 0.0963 e. The number of allylic oxidation sites excluding steroid dienone is 16. The molecule has 0 amide bonds. The number of thiophene rings is 1. The number of benzene rings is 2. The van der Waals surface area contributed by atoms with Crippen molar-refractivity contribution in [2.75, 3.05) is 0 Å². The zero-order valence-electron chi connectivity index (χ0n) is 22.6. The molecule has 4 aliphatic rings. The standard InChI is InChI=1S/C33H20N2S.C4H8/c1-2-9-29-22(7-1)24-17-25-28(18-30(24)36-29)35(27-8-4-16-34-33(25)27)26-15-13-21-11-10-19-5-3-6-20-12-14-23(26)32(21)31(19)20;1-3-4-2/h1-5,7-18,32H,6H2;3-4H,1-2H3/b;4-3-. The van der Waals surface area contributed by atoms with Crippen molar-refractivity contribution in [3.05, 3.63) is 143 Å². The Hall–Kier alpha value is -4.47. The molecule has 5 aromatic rings. The van der Waals surface area contributed by atoms with Crippen molar-refractivity contribution in [2.24, 2.45) is 5.92 Å². The summed E-state index contributed by atoms with van der Waals surface area (Å²) < 4.78 is 5.11. The second-order valence-corrected chi connectivity index (χ2v) is 11.7. The Balaban J connectivity index is 0.000000579. The fourth-order valence-corrected chi connectivity index (χ4v) is 7.71. The second kappa shape index (κ2) is 9.04. The second-order valence-electron chi connectivity index (χ2n) is 10.6. The third-order valence-corrected chi connectivity index (χ3v) is 9.60. The third-order valence-electron chi connectivity index (χ3n) is 8.47. The summed E-state index contributed by atoms with van der Waals surface area (Å²) in [5, 5.41) is 3.86. The van der Waals surface area contributed by atoms with Crippen LogP contribution in [0.1, 0.15) is 20.3 Å². The molecule has 0 N–H and O–H groups in total. The molecule has 1 unspecified atom stereocenters. The molecule has 0 saturated heterocycles. The van der Waals surface area contributed by atoms with Crippen LogP contribution in [-0.2, 0) is 0 Å². The number of fused-ring (bicyclic) bond motifs is 6. The normalized spacial score (nSPS) is 19.1. The zero-order chi connectivity index (χ0) is 26.8. The molecule has 0 aliphatic heterocycles. The molecule has 40 heavy (non-hydrogen) atoms. The van der Waals surface area contributed by atoms with Crippen molar-refractivity contribution >= 4 is 59.1 Å². The van der Waals surface area contributed by atoms with Gasteiger partial charge in [-0.15, -0.1) is 11.3 Å². The number of nitrogens with zero attached hydrogens (tertiary/aromatic N) is 2. The first-order valence-electron chi connectivity index (χ1n) is 14.0. The molecule has 1 atom stereocenters. The highest BCUT2D eigenvalue weighted by Gasteiger charge is 2.35. The monoisotopic (exact) mass is 532 g/mol. The van der Waals surface area contributed by atoms with E-state index in [1.165, 1.54) is 64.6 Å². The van der Waals surface area contributed by atoms with E-state index >= 15 is 0 Å². The fourth-order valence-electron chi connectivity index (χ4n) is 6.59. The van der Waals surface area contributed by atoms with E-state index in [1.807, 2.05) is 43.5 Å². The Labute approximate surface area is 237 Å². The van der Waals surface area contributed by atoms with Crippen LogP contribution in [0.3, 0.4) is 0 Å². The molecule has 3 heterocycles. The van der Waals surface area contributed by atoms with Crippen LogP contribution in [0.15, 0.2) is 143 Å². The molecular weight excluding hydrogens is 504 g/mol. The summed E-state index contributed by atoms with van der Waals surface area (Å²) in [7, 11) is 0. The van der Waals surface area contributed by atoms with Gasteiger partial charge in [-0.05, 0) is 84.5 Å². The van der Waals surface area contributed by atoms with Gasteiger partial charge in [-0.1, -0.05) is 72.9 Å². The van der Waals surface area contributed by atoms with Gasteiger partial charge < -0.3 is 4.57 Å². The topological polar surface area (TPSA) is 17.8 Å². The van der Waals surface area contributed by atoms with Crippen molar-refractivity contribution < 1.29 is 0 Å². The Morgan fingerprint density at radius 2 is 1.73 bits per heavy atom. The highest BCUT2D eigenvalue weighted by molar-refractivity contribution is 7.25. The van der Waals surface area contributed by atoms with Crippen molar-refractivity contribution in [3.63, 3.8) is 0 Å². The van der Waals surface area contributed by atoms with E-state index < -0.39 is 0 Å². The molecule has 0 radical (unpaired) electrons. The molecule has 4 aliphatic carbocycles. The maximum atomic E-state index is 4.88. The number of hydrogen-bond acceptors (Lipinski definition) is 2. The van der Waals surface area contributed by atoms with E-state index in [4.69, 9.17) is 4.98 Å². The van der Waals surface area contributed by atoms with Crippen LogP contribution in [-0.4, -0.2) is 9.55 Å². The zero-order valence-corrected chi connectivity index (χ0v) is 23.4. The van der Waals surface area contributed by atoms with Gasteiger partial charge in [0.05, 0.1) is 22.2 Å². The van der Waals surface area contributed by atoms with Crippen LogP contribution < -0.4 is 0 Å². The van der Waals surface area contributed by atoms with E-state index in [9.17, 15) is 0 Å². The summed E-state index contributed by atoms with van der Waals surface area (Å²) >= 11 is 1.88. The smallest absolute Gasteiger partial charge is 0.0963 e. The summed E-state index contributed by atoms with van der Waals surface area (Å²) in [6.45, 7) is 4.00. The van der Waals surface area contributed by atoms with E-state index in [0.29, 0.717) is 5.92 Å². The molecule has 0 fully saturated rings. The Kier molecular flexibility index (Phi) is 5.29. The molecule has 2 aromatic carbocycles. The summed E-state index contributed by atoms with van der Waals surface area (Å²) in [4.78, 5) is 4.88. The molecule has 0 bridgehead atoms. The predicted molar refractivity (Wildman–Crippen MR) is 173 cm³/mol. The van der Waals surface area contributed by atoms with Crippen LogP contribution in [0.2, 0.25) is 0 Å². The van der Waals surface area contributed by atoms with Crippen LogP contribution >= 0.6 is 11.3 Å². The summed E-state index contributed by atoms with van der Waals surface area (Å²) in [6.07, 6.45) is 25.4. The molecule has 3 heteroatoms. The predicted octanol–water partition coefficient (Wildman–Crippen LogP) is 10.2. The first-order valence-corrected chi connectivity index (χ1v) is 14.8. The van der Waals surface area contributed by atoms with Gasteiger partial charge in [-0.3, -0.25) is 4.98 Å². The lowest BCUT2D eigenvalue weighted by molar-refractivity contribution is 0.833. The molecule has 9 rings (SSSR count). The molecule has 0 saturated carbocycles. The quantitative estimate of drug-likeness (QED) is 0.196. The Morgan fingerprint density at radius 3 is 2.62 bits per heavy atom. The van der Waals surface area contributed by atoms with E-state index in [2.05, 4.69) is 102 Å². The SMILES string of the molecule is C/C=C\C.C1=CC2=CC=C3C=CC(n4c5cc6sc7ccccc7c6cc5c5ncccc54)=C4C=CC(=C2C34)C1. The van der Waals surface area contributed by atoms with Gasteiger partial charge in [0.15, 0.2) is 0 Å². The lowest BCUT2D eigenvalue weighted by Gasteiger charge is -2.36. The van der Waals surface area contributed by atoms with Crippen molar-refractivity contribution in [1.82, 2.24) is 9.55 Å². The number of aromatic nitrogens is 2. The summed E-state index contributed by atoms with van der Waals surface area (Å²) in [6, 6.07) is 17.8. The van der Waals surface area contributed by atoms with Gasteiger partial charge >= 0.3 is 0 Å². The lowest BCUT2D eigenvalue weighted by Crippen LogP contribution is -2.22. The Bertz CT molecular complexity index is 2140. The van der Waals surface area contributed by atoms with Crippen molar-refractivity contribution in [1.29, 1.82) is 0 Å². The van der Waals surface area contributed by atoms with E-state index in [1.54, 1.807) is 0 Å². The summed E-state index contributed by atoms with van der Waals surface area (Å²) in [5.41, 5.74) is 11.8. The van der Waals surface area contributed by atoms with Crippen LogP contribution in [0.5, 0.6) is 0 Å². The maximum absolute atomic E-state index is 4.88. The lowest BCUT2D eigenvalue weighted by atomic mass is 9.68. The average Bonchev–Trinajstić information content (AvgIpc) is 3.53. The minimum Gasteiger partial charge on any atom is -0.307 e. The minimum absolute atomic E-state index is 0.298. The van der Waals surface area contributed by atoms with Gasteiger partial charge in [0.2, 0.25) is 0 Å². The van der Waals surface area contributed by atoms with Gasteiger partial charge in [0, 0.05) is 37.7 Å². The van der Waals surface area contributed by atoms with Crippen molar-refractivity contribution in [2.45, 2.75) is 20.3 Å². The Morgan fingerprint density at radius 1 is 0.825 bits per heavy atom. The molecule has 3 aromatic heterocycles. The van der Waals surface area contributed by atoms with Crippen molar-refractivity contribution in [3.8, 4) is 0 Å². The van der Waals surface area contributed by atoms with Gasteiger partial charge in [-0.25, -0.2) is 0 Å². The molecular formula is C37H28N2S. The summed E-state index contributed by atoms with van der Waals surface area (Å²) in [5.74, 6) is 0.298. The first-order chi connectivity index (χ1) is 19.8. The third kappa shape index (κ3) is 3.31. The highest BCUT2D eigenvalue weighted by atomic mass is 32.1. The highest BCUT2D eigenvalue weighted by Crippen LogP contribution is 2.50. The number of rotatable bonds is 1. The molecule has 192 valence electrons. The molecule has 0 spiro atoms. The van der Waals surface area contributed by atoms with E-state index in [0.717, 1.165) is 17.5 Å². The van der Waals surface area contributed by atoms with Gasteiger partial charge in [0.25, 0.3) is 0 Å².